The first-order valence-electron chi connectivity index (χ1n) is 9.19. The van der Waals surface area contributed by atoms with Crippen LogP contribution in [0.15, 0.2) is 43.1 Å². The highest BCUT2D eigenvalue weighted by atomic mass is 32.3. The summed E-state index contributed by atoms with van der Waals surface area (Å²) in [7, 11) is -3.54. The lowest BCUT2D eigenvalue weighted by molar-refractivity contribution is 0.0968. The molecule has 9 heteroatoms. The van der Waals surface area contributed by atoms with Crippen LogP contribution in [-0.4, -0.2) is 48.5 Å². The fourth-order valence-electron chi connectivity index (χ4n) is 3.52. The van der Waals surface area contributed by atoms with Crippen LogP contribution in [0.5, 0.6) is 5.75 Å². The van der Waals surface area contributed by atoms with Crippen molar-refractivity contribution in [2.45, 2.75) is 19.3 Å². The van der Waals surface area contributed by atoms with E-state index in [-0.39, 0.29) is 5.78 Å². The van der Waals surface area contributed by atoms with Gasteiger partial charge in [-0.25, -0.2) is 0 Å². The van der Waals surface area contributed by atoms with E-state index in [2.05, 4.69) is 16.9 Å². The van der Waals surface area contributed by atoms with Gasteiger partial charge in [-0.1, -0.05) is 6.08 Å². The quantitative estimate of drug-likeness (QED) is 0.326. The third-order valence-corrected chi connectivity index (χ3v) is 4.97. The number of ether oxygens (including phenoxy) is 1. The highest BCUT2D eigenvalue weighted by molar-refractivity contribution is 7.79. The number of nitrogens with one attached hydrogen (secondary N) is 1. The molecule has 3 rings (SSSR count). The molecule has 2 unspecified atom stereocenters. The molecule has 1 aliphatic heterocycles. The maximum atomic E-state index is 12.8. The Hall–Kier alpha value is -2.33. The maximum absolute atomic E-state index is 12.8. The van der Waals surface area contributed by atoms with E-state index in [9.17, 15) is 4.79 Å². The fourth-order valence-corrected chi connectivity index (χ4v) is 3.52. The molecule has 0 saturated carbocycles. The Morgan fingerprint density at radius 2 is 2.10 bits per heavy atom. The number of pyridine rings is 1. The number of fused-ring (bicyclic) bond motifs is 1. The smallest absolute Gasteiger partial charge is 0.163 e. The van der Waals surface area contributed by atoms with E-state index < -0.39 is 10.4 Å². The summed E-state index contributed by atoms with van der Waals surface area (Å²) >= 11 is 0. The molecule has 2 heterocycles. The molecule has 8 nitrogen and oxygen atoms in total. The minimum atomic E-state index is -5.17. The molecule has 2 atom stereocenters. The monoisotopic (exact) mass is 420 g/mol. The summed E-state index contributed by atoms with van der Waals surface area (Å²) in [6, 6.07) is 7.48. The van der Waals surface area contributed by atoms with Gasteiger partial charge in [0.2, 0.25) is 0 Å². The number of methoxy groups -OCH3 is 1. The molecule has 0 spiro atoms. The van der Waals surface area contributed by atoms with Crippen LogP contribution in [0.3, 0.4) is 0 Å². The van der Waals surface area contributed by atoms with Crippen molar-refractivity contribution in [1.82, 2.24) is 10.3 Å². The van der Waals surface area contributed by atoms with Crippen LogP contribution in [0, 0.1) is 11.8 Å². The van der Waals surface area contributed by atoms with Gasteiger partial charge in [0, 0.05) is 40.5 Å². The van der Waals surface area contributed by atoms with Gasteiger partial charge in [0.1, 0.15) is 5.75 Å². The second kappa shape index (κ2) is 10.4. The van der Waals surface area contributed by atoms with Crippen molar-refractivity contribution in [2.24, 2.45) is 11.8 Å². The Labute approximate surface area is 170 Å². The summed E-state index contributed by atoms with van der Waals surface area (Å²) < 4.78 is 39.4. The summed E-state index contributed by atoms with van der Waals surface area (Å²) in [4.78, 5) is 17.1. The molecule has 158 valence electrons. The first kappa shape index (κ1) is 23.0. The van der Waals surface area contributed by atoms with Gasteiger partial charge < -0.3 is 19.2 Å². The molecule has 0 amide bonds. The van der Waals surface area contributed by atoms with Crippen molar-refractivity contribution >= 4 is 27.1 Å². The van der Waals surface area contributed by atoms with E-state index in [1.165, 1.54) is 0 Å². The molecule has 0 aliphatic carbocycles. The molecule has 0 radical (unpaired) electrons. The summed E-state index contributed by atoms with van der Waals surface area (Å²) in [6.07, 6.45) is 6.30. The van der Waals surface area contributed by atoms with Gasteiger partial charge in [-0.2, -0.15) is 0 Å². The van der Waals surface area contributed by atoms with E-state index in [0.717, 1.165) is 48.1 Å². The van der Waals surface area contributed by atoms with Crippen LogP contribution in [-0.2, 0) is 10.4 Å². The van der Waals surface area contributed by atoms with Gasteiger partial charge in [0.25, 0.3) is 0 Å². The van der Waals surface area contributed by atoms with Crippen molar-refractivity contribution in [1.29, 1.82) is 0 Å². The summed E-state index contributed by atoms with van der Waals surface area (Å²) in [5, 5.41) is 4.26. The first-order valence-corrected chi connectivity index (χ1v) is 10.5. The Morgan fingerprint density at radius 1 is 1.38 bits per heavy atom. The van der Waals surface area contributed by atoms with Crippen molar-refractivity contribution in [3.8, 4) is 5.75 Å². The third-order valence-electron chi connectivity index (χ3n) is 4.97. The highest BCUT2D eigenvalue weighted by Crippen LogP contribution is 2.28. The standard InChI is InChI=1S/C20H24N2O2.H2O4S/c1-3-14-13-21-10-8-15(14)4-7-20(23)17-9-11-22-19-6-5-16(24-2)12-18(17)19;1-5(2,3)4/h3,5-6,9,11-12,14-15,21H,1,4,7-8,10,13H2,2H3;(H2,1,2,3,4)/p-2. The fraction of sp³-hybridized carbons (Fsp3) is 0.400. The van der Waals surface area contributed by atoms with Gasteiger partial charge in [-0.05, 0) is 55.5 Å². The van der Waals surface area contributed by atoms with Crippen molar-refractivity contribution in [3.63, 3.8) is 0 Å². The van der Waals surface area contributed by atoms with E-state index in [1.54, 1.807) is 13.3 Å². The predicted octanol–water partition coefficient (Wildman–Crippen LogP) is 2.28. The SMILES string of the molecule is C=CC1CNCCC1CCC(=O)c1ccnc2ccc(OC)cc12.O=S(=O)([O-])[O-]. The average molecular weight is 420 g/mol. The normalized spacial score (nSPS) is 19.1. The van der Waals surface area contributed by atoms with E-state index in [1.807, 2.05) is 30.3 Å². The number of rotatable bonds is 6. The zero-order chi connectivity index (χ0) is 21.4. The number of nitrogens with zero attached hydrogens (tertiary/aromatic N) is 1. The molecule has 1 aliphatic rings. The lowest BCUT2D eigenvalue weighted by atomic mass is 9.82. The third kappa shape index (κ3) is 7.21. The van der Waals surface area contributed by atoms with Crippen molar-refractivity contribution in [2.75, 3.05) is 20.2 Å². The Kier molecular flexibility index (Phi) is 8.27. The van der Waals surface area contributed by atoms with Gasteiger partial charge in [-0.3, -0.25) is 18.2 Å². The minimum absolute atomic E-state index is 0.178. The lowest BCUT2D eigenvalue weighted by Crippen LogP contribution is -2.35. The summed E-state index contributed by atoms with van der Waals surface area (Å²) in [5.41, 5.74) is 1.57. The van der Waals surface area contributed by atoms with Gasteiger partial charge in [-0.15, -0.1) is 6.58 Å². The van der Waals surface area contributed by atoms with Crippen LogP contribution in [0.2, 0.25) is 0 Å². The molecule has 0 bridgehead atoms. The van der Waals surface area contributed by atoms with E-state index in [4.69, 9.17) is 22.3 Å². The molecule has 1 fully saturated rings. The molecule has 1 aromatic carbocycles. The zero-order valence-electron chi connectivity index (χ0n) is 16.2. The predicted molar refractivity (Wildman–Crippen MR) is 107 cm³/mol. The molecule has 1 saturated heterocycles. The number of aromatic nitrogens is 1. The zero-order valence-corrected chi connectivity index (χ0v) is 17.0. The van der Waals surface area contributed by atoms with Crippen LogP contribution < -0.4 is 10.1 Å². The number of piperidine rings is 1. The Bertz CT molecular complexity index is 953. The van der Waals surface area contributed by atoms with E-state index >= 15 is 0 Å². The molecule has 2 aromatic rings. The topological polar surface area (TPSA) is 131 Å². The van der Waals surface area contributed by atoms with Gasteiger partial charge in [0.15, 0.2) is 5.78 Å². The van der Waals surface area contributed by atoms with Crippen LogP contribution in [0.25, 0.3) is 10.9 Å². The molecular formula is C20H24N2O6S-2. The first-order chi connectivity index (χ1) is 13.7. The summed E-state index contributed by atoms with van der Waals surface area (Å²) in [6.45, 7) is 5.93. The highest BCUT2D eigenvalue weighted by Gasteiger charge is 2.23. The summed E-state index contributed by atoms with van der Waals surface area (Å²) in [5.74, 6) is 1.92. The number of hydrogen-bond donors (Lipinski definition) is 1. The van der Waals surface area contributed by atoms with Crippen molar-refractivity contribution in [3.05, 3.63) is 48.7 Å². The number of hydrogen-bond acceptors (Lipinski definition) is 8. The number of carbonyl (C=O) groups is 1. The molecule has 1 aromatic heterocycles. The van der Waals surface area contributed by atoms with E-state index in [0.29, 0.717) is 18.3 Å². The van der Waals surface area contributed by atoms with Gasteiger partial charge >= 0.3 is 0 Å². The maximum Gasteiger partial charge on any atom is 0.163 e. The molecular weight excluding hydrogens is 396 g/mol. The number of benzene rings is 1. The number of Topliss-reactive ketones (excluding diaryl/α,β-unsaturated/α-hetero) is 1. The number of carbonyl (C=O) groups excluding carboxylic acids is 1. The second-order valence-electron chi connectivity index (χ2n) is 6.76. The second-order valence-corrected chi connectivity index (χ2v) is 7.58. The Morgan fingerprint density at radius 3 is 2.76 bits per heavy atom. The van der Waals surface area contributed by atoms with Crippen LogP contribution in [0.1, 0.15) is 29.6 Å². The minimum Gasteiger partial charge on any atom is -0.759 e. The van der Waals surface area contributed by atoms with Gasteiger partial charge in [0.05, 0.1) is 12.6 Å². The molecule has 29 heavy (non-hydrogen) atoms. The van der Waals surface area contributed by atoms with Crippen LogP contribution >= 0.6 is 0 Å². The largest absolute Gasteiger partial charge is 0.759 e. The van der Waals surface area contributed by atoms with Crippen LogP contribution in [0.4, 0.5) is 0 Å². The Balaban J connectivity index is 0.000000537. The van der Waals surface area contributed by atoms with Crippen molar-refractivity contribution < 1.29 is 27.1 Å². The lowest BCUT2D eigenvalue weighted by Gasteiger charge is -2.29. The number of ketones is 1. The average Bonchev–Trinajstić information content (AvgIpc) is 2.70. The molecule has 1 N–H and O–H groups in total.